The number of nitrogens with one attached hydrogen (secondary N) is 2. The van der Waals surface area contributed by atoms with Crippen molar-refractivity contribution in [2.45, 2.75) is 19.8 Å². The molecule has 0 spiro atoms. The van der Waals surface area contributed by atoms with Crippen LogP contribution in [0.5, 0.6) is 0 Å². The second kappa shape index (κ2) is 8.10. The molecule has 0 bridgehead atoms. The Balaban J connectivity index is 1.91. The Kier molecular flexibility index (Phi) is 5.89. The van der Waals surface area contributed by atoms with Crippen LogP contribution in [0.25, 0.3) is 0 Å². The van der Waals surface area contributed by atoms with E-state index < -0.39 is 5.82 Å². The molecule has 24 heavy (non-hydrogen) atoms. The Morgan fingerprint density at radius 1 is 1.12 bits per heavy atom. The summed E-state index contributed by atoms with van der Waals surface area (Å²) in [5.74, 6) is -0.240. The first-order chi connectivity index (χ1) is 11.4. The molecule has 6 heteroatoms. The van der Waals surface area contributed by atoms with Gasteiger partial charge in [0.25, 0.3) is 0 Å². The minimum Gasteiger partial charge on any atom is -0.370 e. The van der Waals surface area contributed by atoms with Gasteiger partial charge in [0.15, 0.2) is 5.96 Å². The summed E-state index contributed by atoms with van der Waals surface area (Å²) in [5, 5.41) is 5.51. The lowest BCUT2D eigenvalue weighted by Gasteiger charge is -2.10. The molecule has 0 saturated carbocycles. The van der Waals surface area contributed by atoms with Gasteiger partial charge in [0.1, 0.15) is 12.4 Å². The van der Waals surface area contributed by atoms with Crippen LogP contribution < -0.4 is 16.4 Å². The van der Waals surface area contributed by atoms with E-state index in [-0.39, 0.29) is 18.4 Å². The smallest absolute Gasteiger partial charge is 0.246 e. The zero-order valence-electron chi connectivity index (χ0n) is 13.7. The summed E-state index contributed by atoms with van der Waals surface area (Å²) in [6.45, 7) is 4.06. The van der Waals surface area contributed by atoms with Gasteiger partial charge < -0.3 is 16.4 Å². The molecule has 0 aliphatic heterocycles. The lowest BCUT2D eigenvalue weighted by Crippen LogP contribution is -2.25. The van der Waals surface area contributed by atoms with E-state index in [2.05, 4.69) is 29.5 Å². The number of carbonyl (C=O) groups excluding carboxylic acids is 1. The number of hydrogen-bond acceptors (Lipinski definition) is 2. The minimum atomic E-state index is -0.414. The van der Waals surface area contributed by atoms with Gasteiger partial charge in [-0.15, -0.1) is 0 Å². The van der Waals surface area contributed by atoms with Gasteiger partial charge in [0.05, 0.1) is 0 Å². The third-order valence-corrected chi connectivity index (χ3v) is 3.33. The van der Waals surface area contributed by atoms with Crippen molar-refractivity contribution in [1.82, 2.24) is 0 Å². The third-order valence-electron chi connectivity index (χ3n) is 3.33. The summed E-state index contributed by atoms with van der Waals surface area (Å²) in [5.41, 5.74) is 8.17. The second-order valence-corrected chi connectivity index (χ2v) is 5.67. The first-order valence-electron chi connectivity index (χ1n) is 7.66. The molecule has 0 aliphatic rings. The summed E-state index contributed by atoms with van der Waals surface area (Å²) < 4.78 is 13.1. The molecular formula is C18H21FN4O. The molecule has 126 valence electrons. The largest absolute Gasteiger partial charge is 0.370 e. The molecule has 2 rings (SSSR count). The number of halogens is 1. The number of guanidine groups is 1. The summed E-state index contributed by atoms with van der Waals surface area (Å²) in [6.07, 6.45) is 0. The highest BCUT2D eigenvalue weighted by Gasteiger charge is 2.04. The Hall–Kier alpha value is -2.89. The molecule has 5 nitrogen and oxygen atoms in total. The zero-order valence-corrected chi connectivity index (χ0v) is 13.7. The minimum absolute atomic E-state index is 0.144. The molecule has 2 aromatic rings. The van der Waals surface area contributed by atoms with Gasteiger partial charge in [-0.1, -0.05) is 32.0 Å². The molecule has 0 fully saturated rings. The van der Waals surface area contributed by atoms with E-state index in [0.29, 0.717) is 11.6 Å². The molecule has 4 N–H and O–H groups in total. The summed E-state index contributed by atoms with van der Waals surface area (Å²) in [4.78, 5) is 15.8. The van der Waals surface area contributed by atoms with E-state index in [4.69, 9.17) is 5.73 Å². The normalized spacial score (nSPS) is 11.4. The van der Waals surface area contributed by atoms with Crippen LogP contribution in [0.4, 0.5) is 15.8 Å². The van der Waals surface area contributed by atoms with E-state index in [1.165, 1.54) is 23.8 Å². The molecule has 0 aromatic heterocycles. The van der Waals surface area contributed by atoms with Crippen LogP contribution in [-0.2, 0) is 4.79 Å². The summed E-state index contributed by atoms with van der Waals surface area (Å²) in [7, 11) is 0. The van der Waals surface area contributed by atoms with Gasteiger partial charge in [0.2, 0.25) is 5.91 Å². The van der Waals surface area contributed by atoms with Crippen molar-refractivity contribution >= 4 is 23.2 Å². The van der Waals surface area contributed by atoms with Crippen LogP contribution in [0.1, 0.15) is 25.3 Å². The summed E-state index contributed by atoms with van der Waals surface area (Å²) >= 11 is 0. The molecule has 0 saturated heterocycles. The van der Waals surface area contributed by atoms with Crippen LogP contribution in [0.2, 0.25) is 0 Å². The molecule has 1 amide bonds. The van der Waals surface area contributed by atoms with Gasteiger partial charge in [-0.3, -0.25) is 4.79 Å². The van der Waals surface area contributed by atoms with Gasteiger partial charge in [-0.25, -0.2) is 9.38 Å². The van der Waals surface area contributed by atoms with Crippen molar-refractivity contribution in [2.24, 2.45) is 10.7 Å². The Morgan fingerprint density at radius 3 is 2.46 bits per heavy atom. The molecule has 0 aliphatic carbocycles. The Bertz CT molecular complexity index is 743. The van der Waals surface area contributed by atoms with E-state index >= 15 is 0 Å². The van der Waals surface area contributed by atoms with Crippen molar-refractivity contribution in [1.29, 1.82) is 0 Å². The fraction of sp³-hybridized carbons (Fsp3) is 0.222. The van der Waals surface area contributed by atoms with Crippen molar-refractivity contribution in [3.63, 3.8) is 0 Å². The number of carbonyl (C=O) groups is 1. The maximum absolute atomic E-state index is 13.1. The summed E-state index contributed by atoms with van der Waals surface area (Å²) in [6, 6.07) is 13.5. The predicted octanol–water partition coefficient (Wildman–Crippen LogP) is 3.31. The molecule has 0 atom stereocenters. The maximum atomic E-state index is 13.1. The second-order valence-electron chi connectivity index (χ2n) is 5.67. The van der Waals surface area contributed by atoms with Gasteiger partial charge in [-0.2, -0.15) is 0 Å². The van der Waals surface area contributed by atoms with Crippen molar-refractivity contribution in [2.75, 3.05) is 17.2 Å². The number of amides is 1. The first-order valence-corrected chi connectivity index (χ1v) is 7.66. The molecule has 0 heterocycles. The van der Waals surface area contributed by atoms with E-state index in [1.807, 2.05) is 24.3 Å². The molecule has 0 radical (unpaired) electrons. The van der Waals surface area contributed by atoms with Gasteiger partial charge in [0, 0.05) is 11.4 Å². The standard InChI is InChI=1S/C18H21FN4O/c1-12(2)13-5-3-7-15(9-13)23-18(20)21-11-17(24)22-16-8-4-6-14(19)10-16/h3-10,12H,11H2,1-2H3,(H,22,24)(H3,20,21,23). The maximum Gasteiger partial charge on any atom is 0.246 e. The lowest BCUT2D eigenvalue weighted by atomic mass is 10.0. The highest BCUT2D eigenvalue weighted by molar-refractivity contribution is 5.97. The van der Waals surface area contributed by atoms with Crippen LogP contribution in [0, 0.1) is 5.82 Å². The quantitative estimate of drug-likeness (QED) is 0.582. The van der Waals surface area contributed by atoms with Gasteiger partial charge in [-0.05, 0) is 41.8 Å². The number of nitrogens with two attached hydrogens (primary N) is 1. The highest BCUT2D eigenvalue weighted by atomic mass is 19.1. The monoisotopic (exact) mass is 328 g/mol. The molecule has 2 aromatic carbocycles. The SMILES string of the molecule is CC(C)c1cccc(NC(N)=NCC(=O)Nc2cccc(F)c2)c1. The van der Waals surface area contributed by atoms with E-state index in [0.717, 1.165) is 5.69 Å². The fourth-order valence-corrected chi connectivity index (χ4v) is 2.09. The van der Waals surface area contributed by atoms with Crippen molar-refractivity contribution in [3.05, 3.63) is 59.9 Å². The predicted molar refractivity (Wildman–Crippen MR) is 95.7 cm³/mol. The third kappa shape index (κ3) is 5.39. The zero-order chi connectivity index (χ0) is 17.5. The number of aliphatic imine (C=N–C) groups is 1. The highest BCUT2D eigenvalue weighted by Crippen LogP contribution is 2.18. The Labute approximate surface area is 140 Å². The molecule has 0 unspecified atom stereocenters. The number of benzene rings is 2. The Morgan fingerprint density at radius 2 is 1.79 bits per heavy atom. The topological polar surface area (TPSA) is 79.5 Å². The first kappa shape index (κ1) is 17.5. The van der Waals surface area contributed by atoms with Crippen LogP contribution in [0.3, 0.4) is 0 Å². The van der Waals surface area contributed by atoms with Crippen molar-refractivity contribution < 1.29 is 9.18 Å². The van der Waals surface area contributed by atoms with Crippen molar-refractivity contribution in [3.8, 4) is 0 Å². The molecular weight excluding hydrogens is 307 g/mol. The number of rotatable bonds is 5. The average Bonchev–Trinajstić information content (AvgIpc) is 2.53. The van der Waals surface area contributed by atoms with Crippen LogP contribution in [-0.4, -0.2) is 18.4 Å². The van der Waals surface area contributed by atoms with E-state index in [1.54, 1.807) is 6.07 Å². The van der Waals surface area contributed by atoms with Gasteiger partial charge >= 0.3 is 0 Å². The fourth-order valence-electron chi connectivity index (χ4n) is 2.09. The van der Waals surface area contributed by atoms with E-state index in [9.17, 15) is 9.18 Å². The number of anilines is 2. The number of nitrogens with zero attached hydrogens (tertiary/aromatic N) is 1. The number of hydrogen-bond donors (Lipinski definition) is 3. The van der Waals surface area contributed by atoms with Crippen LogP contribution >= 0.6 is 0 Å². The lowest BCUT2D eigenvalue weighted by molar-refractivity contribution is -0.114. The average molecular weight is 328 g/mol. The van der Waals surface area contributed by atoms with Crippen LogP contribution in [0.15, 0.2) is 53.5 Å².